The lowest BCUT2D eigenvalue weighted by Gasteiger charge is -2.28. The van der Waals surface area contributed by atoms with Crippen LogP contribution in [-0.2, 0) is 16.0 Å². The lowest BCUT2D eigenvalue weighted by molar-refractivity contribution is -0.384. The van der Waals surface area contributed by atoms with E-state index in [-0.39, 0.29) is 18.3 Å². The number of nitrogens with one attached hydrogen (secondary N) is 2. The van der Waals surface area contributed by atoms with Crippen molar-refractivity contribution >= 4 is 28.2 Å². The van der Waals surface area contributed by atoms with Gasteiger partial charge in [-0.25, -0.2) is 4.79 Å². The van der Waals surface area contributed by atoms with Crippen molar-refractivity contribution in [2.24, 2.45) is 0 Å². The van der Waals surface area contributed by atoms with Crippen molar-refractivity contribution in [3.63, 3.8) is 0 Å². The zero-order chi connectivity index (χ0) is 23.3. The van der Waals surface area contributed by atoms with Gasteiger partial charge in [0.15, 0.2) is 0 Å². The van der Waals surface area contributed by atoms with E-state index < -0.39 is 16.8 Å². The molecule has 2 atom stereocenters. The molecular formula is C23H26N4O4S. The van der Waals surface area contributed by atoms with Crippen LogP contribution < -0.4 is 10.6 Å². The molecular weight excluding hydrogens is 428 g/mol. The molecule has 2 N–H and O–H groups in total. The second kappa shape index (κ2) is 10.4. The summed E-state index contributed by atoms with van der Waals surface area (Å²) in [5.74, 6) is 1.69. The Labute approximate surface area is 191 Å². The maximum absolute atomic E-state index is 12.9. The molecule has 2 unspecified atom stereocenters. The number of carbonyl (C=O) groups excluding carboxylic acids is 1. The van der Waals surface area contributed by atoms with Gasteiger partial charge in [0.05, 0.1) is 28.8 Å². The van der Waals surface area contributed by atoms with Gasteiger partial charge in [-0.1, -0.05) is 18.1 Å². The topological polar surface area (TPSA) is 106 Å². The van der Waals surface area contributed by atoms with E-state index in [1.807, 2.05) is 13.8 Å². The third-order valence-corrected chi connectivity index (χ3v) is 6.10. The molecule has 0 fully saturated rings. The summed E-state index contributed by atoms with van der Waals surface area (Å²) in [6.45, 7) is 6.44. The first-order valence-electron chi connectivity index (χ1n) is 10.4. The number of hydrogen-bond acceptors (Lipinski definition) is 8. The molecule has 0 radical (unpaired) electrons. The molecule has 2 heterocycles. The predicted molar refractivity (Wildman–Crippen MR) is 125 cm³/mol. The third-order valence-electron chi connectivity index (χ3n) is 5.29. The molecule has 1 aliphatic heterocycles. The van der Waals surface area contributed by atoms with Gasteiger partial charge in [-0.05, 0) is 57.3 Å². The highest BCUT2D eigenvalue weighted by Gasteiger charge is 2.37. The second-order valence-corrected chi connectivity index (χ2v) is 8.26. The number of carbonyl (C=O) groups is 1. The van der Waals surface area contributed by atoms with Gasteiger partial charge in [-0.2, -0.15) is 4.37 Å². The summed E-state index contributed by atoms with van der Waals surface area (Å²) in [6.07, 6.45) is 6.89. The molecule has 0 spiro atoms. The van der Waals surface area contributed by atoms with Crippen LogP contribution in [-0.4, -0.2) is 34.5 Å². The van der Waals surface area contributed by atoms with E-state index in [1.165, 1.54) is 23.7 Å². The van der Waals surface area contributed by atoms with Gasteiger partial charge in [-0.15, -0.1) is 6.42 Å². The van der Waals surface area contributed by atoms with E-state index >= 15 is 0 Å². The molecule has 0 saturated carbocycles. The summed E-state index contributed by atoms with van der Waals surface area (Å²) in [6, 6.07) is 6.38. The van der Waals surface area contributed by atoms with Crippen molar-refractivity contribution < 1.29 is 14.5 Å². The number of non-ortho nitro benzene ring substituents is 1. The zero-order valence-electron chi connectivity index (χ0n) is 18.3. The minimum Gasteiger partial charge on any atom is -0.463 e. The lowest BCUT2D eigenvalue weighted by atomic mass is 9.81. The van der Waals surface area contributed by atoms with E-state index in [2.05, 4.69) is 20.9 Å². The van der Waals surface area contributed by atoms with Crippen LogP contribution in [0.5, 0.6) is 0 Å². The maximum Gasteiger partial charge on any atom is 0.336 e. The van der Waals surface area contributed by atoms with Gasteiger partial charge in [0.2, 0.25) is 0 Å². The molecule has 32 heavy (non-hydrogen) atoms. The van der Waals surface area contributed by atoms with Crippen LogP contribution in [0.25, 0.3) is 0 Å². The summed E-state index contributed by atoms with van der Waals surface area (Å²) in [4.78, 5) is 23.9. The number of allylic oxidation sites excluding steroid dienone is 1. The zero-order valence-corrected chi connectivity index (χ0v) is 19.1. The highest BCUT2D eigenvalue weighted by molar-refractivity contribution is 7.10. The molecule has 1 aromatic heterocycles. The van der Waals surface area contributed by atoms with Gasteiger partial charge in [-0.3, -0.25) is 10.1 Å². The van der Waals surface area contributed by atoms with Gasteiger partial charge < -0.3 is 15.4 Å². The van der Waals surface area contributed by atoms with E-state index in [0.717, 1.165) is 29.2 Å². The molecule has 0 saturated heterocycles. The standard InChI is InChI=1S/C23H26N4O4S/c1-5-14(3)24-12-8-11-18-21-20(16-9-7-10-17(13-16)27(29)30)19(23(28)31-6-2)15(4)25-22(21)32-26-18/h1,7,9-10,13-14,20,24-25H,6,8,11-12H2,2-4H3. The minimum absolute atomic E-state index is 0.0142. The van der Waals surface area contributed by atoms with Crippen molar-refractivity contribution in [1.82, 2.24) is 9.69 Å². The van der Waals surface area contributed by atoms with Crippen LogP contribution in [0.4, 0.5) is 10.7 Å². The monoisotopic (exact) mass is 454 g/mol. The van der Waals surface area contributed by atoms with Gasteiger partial charge in [0.25, 0.3) is 5.69 Å². The Hall–Kier alpha value is -3.22. The second-order valence-electron chi connectivity index (χ2n) is 7.49. The van der Waals surface area contributed by atoms with Crippen molar-refractivity contribution in [2.45, 2.75) is 45.6 Å². The Morgan fingerprint density at radius 1 is 1.50 bits per heavy atom. The predicted octanol–water partition coefficient (Wildman–Crippen LogP) is 3.99. The Bertz CT molecular complexity index is 1090. The van der Waals surface area contributed by atoms with Gasteiger partial charge in [0.1, 0.15) is 5.00 Å². The van der Waals surface area contributed by atoms with Gasteiger partial charge in [0, 0.05) is 29.3 Å². The largest absolute Gasteiger partial charge is 0.463 e. The molecule has 168 valence electrons. The first-order valence-corrected chi connectivity index (χ1v) is 11.2. The number of terminal acetylenes is 1. The minimum atomic E-state index is -0.503. The van der Waals surface area contributed by atoms with Crippen molar-refractivity contribution in [1.29, 1.82) is 0 Å². The normalized spacial score (nSPS) is 16.0. The molecule has 0 aliphatic carbocycles. The fourth-order valence-electron chi connectivity index (χ4n) is 3.76. The van der Waals surface area contributed by atoms with E-state index in [1.54, 1.807) is 19.1 Å². The number of fused-ring (bicyclic) bond motifs is 1. The van der Waals surface area contributed by atoms with Crippen LogP contribution in [0.2, 0.25) is 0 Å². The number of ether oxygens (including phenoxy) is 1. The number of aromatic nitrogens is 1. The molecule has 0 amide bonds. The van der Waals surface area contributed by atoms with Crippen LogP contribution in [0.3, 0.4) is 0 Å². The van der Waals surface area contributed by atoms with Crippen LogP contribution in [0.15, 0.2) is 35.5 Å². The SMILES string of the molecule is C#CC(C)NCCCc1nsc2c1C(c1cccc([N+](=O)[O-])c1)C(C(=O)OCC)=C(C)N2. The van der Waals surface area contributed by atoms with Crippen LogP contribution >= 0.6 is 11.5 Å². The number of aryl methyl sites for hydroxylation is 1. The van der Waals surface area contributed by atoms with Crippen molar-refractivity contribution in [2.75, 3.05) is 18.5 Å². The average molecular weight is 455 g/mol. The van der Waals surface area contributed by atoms with E-state index in [0.29, 0.717) is 23.3 Å². The Morgan fingerprint density at radius 2 is 2.28 bits per heavy atom. The Morgan fingerprint density at radius 3 is 2.97 bits per heavy atom. The maximum atomic E-state index is 12.9. The summed E-state index contributed by atoms with van der Waals surface area (Å²) >= 11 is 1.33. The van der Waals surface area contributed by atoms with Crippen molar-refractivity contribution in [3.8, 4) is 12.3 Å². The third kappa shape index (κ3) is 4.98. The fraction of sp³-hybridized carbons (Fsp3) is 0.391. The molecule has 9 heteroatoms. The number of benzene rings is 1. The number of esters is 1. The molecule has 3 rings (SSSR count). The molecule has 0 bridgehead atoms. The summed E-state index contributed by atoms with van der Waals surface area (Å²) in [5, 5.41) is 18.8. The number of anilines is 1. The molecule has 1 aliphatic rings. The number of nitro benzene ring substituents is 1. The lowest BCUT2D eigenvalue weighted by Crippen LogP contribution is -2.26. The quantitative estimate of drug-likeness (QED) is 0.194. The Kier molecular flexibility index (Phi) is 7.62. The van der Waals surface area contributed by atoms with Gasteiger partial charge >= 0.3 is 5.97 Å². The summed E-state index contributed by atoms with van der Waals surface area (Å²) in [7, 11) is 0. The van der Waals surface area contributed by atoms with Crippen LogP contribution in [0.1, 0.15) is 49.9 Å². The highest BCUT2D eigenvalue weighted by atomic mass is 32.1. The molecule has 1 aromatic carbocycles. The fourth-order valence-corrected chi connectivity index (χ4v) is 4.69. The smallest absolute Gasteiger partial charge is 0.336 e. The van der Waals surface area contributed by atoms with Crippen molar-refractivity contribution in [3.05, 3.63) is 62.5 Å². The number of nitrogens with zero attached hydrogens (tertiary/aromatic N) is 2. The first-order chi connectivity index (χ1) is 15.4. The first kappa shape index (κ1) is 23.4. The molecule has 8 nitrogen and oxygen atoms in total. The van der Waals surface area contributed by atoms with E-state index in [9.17, 15) is 14.9 Å². The Balaban J connectivity index is 2.02. The average Bonchev–Trinajstić information content (AvgIpc) is 3.17. The number of rotatable bonds is 9. The highest BCUT2D eigenvalue weighted by Crippen LogP contribution is 2.46. The summed E-state index contributed by atoms with van der Waals surface area (Å²) in [5.41, 5.74) is 3.46. The molecule has 2 aromatic rings. The number of nitro groups is 1. The van der Waals surface area contributed by atoms with E-state index in [4.69, 9.17) is 11.2 Å². The van der Waals surface area contributed by atoms with Crippen LogP contribution in [0, 0.1) is 22.5 Å². The number of hydrogen-bond donors (Lipinski definition) is 2. The summed E-state index contributed by atoms with van der Waals surface area (Å²) < 4.78 is 9.97.